The number of aromatic amines is 1. The summed E-state index contributed by atoms with van der Waals surface area (Å²) in [6.45, 7) is 4.48. The Kier molecular flexibility index (Phi) is 6.85. The number of H-pyrrole nitrogens is 1. The lowest BCUT2D eigenvalue weighted by molar-refractivity contribution is -0.115. The molecule has 9 heteroatoms. The molecule has 0 aliphatic heterocycles. The molecule has 3 rings (SSSR count). The smallest absolute Gasteiger partial charge is 0.251 e. The van der Waals surface area contributed by atoms with Crippen molar-refractivity contribution in [2.45, 2.75) is 13.8 Å². The van der Waals surface area contributed by atoms with E-state index in [4.69, 9.17) is 9.47 Å². The third-order valence-corrected chi connectivity index (χ3v) is 4.75. The van der Waals surface area contributed by atoms with Gasteiger partial charge in [-0.2, -0.15) is 5.10 Å². The number of carbonyl (C=O) groups excluding carboxylic acids is 2. The van der Waals surface area contributed by atoms with Gasteiger partial charge in [0, 0.05) is 11.6 Å². The Morgan fingerprint density at radius 2 is 1.90 bits per heavy atom. The summed E-state index contributed by atoms with van der Waals surface area (Å²) in [6.07, 6.45) is 0. The average Bonchev–Trinajstić information content (AvgIpc) is 3.39. The van der Waals surface area contributed by atoms with E-state index in [2.05, 4.69) is 20.8 Å². The molecule has 1 aromatic carbocycles. The average molecular weight is 414 g/mol. The summed E-state index contributed by atoms with van der Waals surface area (Å²) in [7, 11) is 0. The van der Waals surface area contributed by atoms with Crippen LogP contribution >= 0.6 is 11.3 Å². The lowest BCUT2D eigenvalue weighted by atomic mass is 10.2. The zero-order chi connectivity index (χ0) is 20.6. The van der Waals surface area contributed by atoms with Crippen LogP contribution in [0.4, 0.5) is 5.82 Å². The van der Waals surface area contributed by atoms with Gasteiger partial charge in [-0.15, -0.1) is 11.3 Å². The highest BCUT2D eigenvalue weighted by Crippen LogP contribution is 2.28. The van der Waals surface area contributed by atoms with E-state index in [1.54, 1.807) is 35.6 Å². The van der Waals surface area contributed by atoms with E-state index < -0.39 is 0 Å². The van der Waals surface area contributed by atoms with Crippen LogP contribution in [-0.4, -0.2) is 41.8 Å². The number of amides is 2. The number of nitrogens with zero attached hydrogens (tertiary/aromatic N) is 1. The summed E-state index contributed by atoms with van der Waals surface area (Å²) < 4.78 is 11.0. The number of benzene rings is 1. The first-order chi connectivity index (χ1) is 14.1. The van der Waals surface area contributed by atoms with Gasteiger partial charge in [-0.1, -0.05) is 6.07 Å². The largest absolute Gasteiger partial charge is 0.490 e. The van der Waals surface area contributed by atoms with Crippen molar-refractivity contribution in [1.82, 2.24) is 15.5 Å². The highest BCUT2D eigenvalue weighted by molar-refractivity contribution is 7.13. The third-order valence-electron chi connectivity index (χ3n) is 3.85. The van der Waals surface area contributed by atoms with E-state index in [-0.39, 0.29) is 18.4 Å². The van der Waals surface area contributed by atoms with Crippen molar-refractivity contribution >= 4 is 29.0 Å². The number of ether oxygens (including phenoxy) is 2. The van der Waals surface area contributed by atoms with E-state index in [0.29, 0.717) is 36.1 Å². The van der Waals surface area contributed by atoms with Crippen LogP contribution in [0.5, 0.6) is 11.5 Å². The second-order valence-corrected chi connectivity index (χ2v) is 6.85. The van der Waals surface area contributed by atoms with Crippen LogP contribution in [0.25, 0.3) is 10.6 Å². The number of aromatic nitrogens is 2. The number of rotatable bonds is 9. The summed E-state index contributed by atoms with van der Waals surface area (Å²) in [5.41, 5.74) is 1.20. The molecule has 0 unspecified atom stereocenters. The highest BCUT2D eigenvalue weighted by atomic mass is 32.1. The molecular formula is C20H22N4O4S. The Balaban J connectivity index is 1.56. The molecule has 8 nitrogen and oxygen atoms in total. The maximum absolute atomic E-state index is 12.4. The predicted molar refractivity (Wildman–Crippen MR) is 112 cm³/mol. The molecule has 0 atom stereocenters. The Bertz CT molecular complexity index is 969. The Hall–Kier alpha value is -3.33. The Labute approximate surface area is 172 Å². The van der Waals surface area contributed by atoms with Crippen molar-refractivity contribution in [2.75, 3.05) is 25.1 Å². The maximum atomic E-state index is 12.4. The molecule has 2 aromatic heterocycles. The molecule has 29 heavy (non-hydrogen) atoms. The molecular weight excluding hydrogens is 392 g/mol. The standard InChI is InChI=1S/C20H22N4O4S/c1-3-27-15-8-7-13(10-16(15)28-4-2)20(26)21-12-19(25)22-18-11-14(23-24-18)17-6-5-9-29-17/h5-11H,3-4,12H2,1-2H3,(H,21,26)(H2,22,23,24,25). The molecule has 152 valence electrons. The van der Waals surface area contributed by atoms with Crippen molar-refractivity contribution in [3.05, 3.63) is 47.3 Å². The zero-order valence-corrected chi connectivity index (χ0v) is 17.0. The van der Waals surface area contributed by atoms with Gasteiger partial charge < -0.3 is 20.1 Å². The number of anilines is 1. The van der Waals surface area contributed by atoms with Crippen molar-refractivity contribution < 1.29 is 19.1 Å². The number of carbonyl (C=O) groups is 2. The molecule has 2 amide bonds. The van der Waals surface area contributed by atoms with Crippen molar-refractivity contribution in [3.8, 4) is 22.1 Å². The minimum Gasteiger partial charge on any atom is -0.490 e. The van der Waals surface area contributed by atoms with Gasteiger partial charge in [-0.05, 0) is 43.5 Å². The minimum atomic E-state index is -0.384. The second-order valence-electron chi connectivity index (χ2n) is 5.90. The lowest BCUT2D eigenvalue weighted by Crippen LogP contribution is -2.32. The summed E-state index contributed by atoms with van der Waals surface area (Å²) in [5.74, 6) is 0.698. The summed E-state index contributed by atoms with van der Waals surface area (Å²) in [6, 6.07) is 10.5. The molecule has 0 bridgehead atoms. The van der Waals surface area contributed by atoms with Gasteiger partial charge in [0.25, 0.3) is 5.91 Å². The van der Waals surface area contributed by atoms with Gasteiger partial charge in [0.1, 0.15) is 0 Å². The first-order valence-corrected chi connectivity index (χ1v) is 10.1. The monoisotopic (exact) mass is 414 g/mol. The summed E-state index contributed by atoms with van der Waals surface area (Å²) >= 11 is 1.57. The van der Waals surface area contributed by atoms with Crippen LogP contribution in [0.15, 0.2) is 41.8 Å². The lowest BCUT2D eigenvalue weighted by Gasteiger charge is -2.12. The fourth-order valence-electron chi connectivity index (χ4n) is 2.59. The van der Waals surface area contributed by atoms with E-state index in [9.17, 15) is 9.59 Å². The summed E-state index contributed by atoms with van der Waals surface area (Å²) in [4.78, 5) is 25.5. The van der Waals surface area contributed by atoms with Crippen molar-refractivity contribution in [3.63, 3.8) is 0 Å². The van der Waals surface area contributed by atoms with Gasteiger partial charge in [-0.3, -0.25) is 14.7 Å². The topological polar surface area (TPSA) is 105 Å². The number of hydrogen-bond donors (Lipinski definition) is 3. The maximum Gasteiger partial charge on any atom is 0.251 e. The molecule has 0 fully saturated rings. The molecule has 2 heterocycles. The van der Waals surface area contributed by atoms with Gasteiger partial charge >= 0.3 is 0 Å². The van der Waals surface area contributed by atoms with Crippen LogP contribution in [0, 0.1) is 0 Å². The molecule has 0 spiro atoms. The van der Waals surface area contributed by atoms with Crippen molar-refractivity contribution in [2.24, 2.45) is 0 Å². The Morgan fingerprint density at radius 3 is 2.62 bits per heavy atom. The van der Waals surface area contributed by atoms with E-state index >= 15 is 0 Å². The molecule has 0 radical (unpaired) electrons. The fraction of sp³-hybridized carbons (Fsp3) is 0.250. The normalized spacial score (nSPS) is 10.4. The van der Waals surface area contributed by atoms with E-state index in [1.165, 1.54) is 0 Å². The van der Waals surface area contributed by atoms with E-state index in [1.807, 2.05) is 31.4 Å². The van der Waals surface area contributed by atoms with Crippen LogP contribution in [-0.2, 0) is 4.79 Å². The van der Waals surface area contributed by atoms with Gasteiger partial charge in [0.15, 0.2) is 17.3 Å². The van der Waals surface area contributed by atoms with E-state index in [0.717, 1.165) is 10.6 Å². The zero-order valence-electron chi connectivity index (χ0n) is 16.2. The number of nitrogens with one attached hydrogen (secondary N) is 3. The quantitative estimate of drug-likeness (QED) is 0.498. The minimum absolute atomic E-state index is 0.183. The number of hydrogen-bond acceptors (Lipinski definition) is 6. The molecule has 0 saturated carbocycles. The van der Waals surface area contributed by atoms with Gasteiger partial charge in [0.05, 0.1) is 30.3 Å². The fourth-order valence-corrected chi connectivity index (χ4v) is 3.28. The SMILES string of the molecule is CCOc1ccc(C(=O)NCC(=O)Nc2cc(-c3cccs3)[nH]n2)cc1OCC. The summed E-state index contributed by atoms with van der Waals surface area (Å²) in [5, 5.41) is 14.1. The van der Waals surface area contributed by atoms with Crippen LogP contribution in [0.1, 0.15) is 24.2 Å². The molecule has 3 aromatic rings. The van der Waals surface area contributed by atoms with Crippen molar-refractivity contribution in [1.29, 1.82) is 0 Å². The molecule has 0 aliphatic rings. The predicted octanol–water partition coefficient (Wildman–Crippen LogP) is 3.30. The Morgan fingerprint density at radius 1 is 1.10 bits per heavy atom. The van der Waals surface area contributed by atoms with Crippen LogP contribution in [0.2, 0.25) is 0 Å². The van der Waals surface area contributed by atoms with Gasteiger partial charge in [0.2, 0.25) is 5.91 Å². The second kappa shape index (κ2) is 9.74. The van der Waals surface area contributed by atoms with Crippen LogP contribution in [0.3, 0.4) is 0 Å². The molecule has 0 aliphatic carbocycles. The highest BCUT2D eigenvalue weighted by Gasteiger charge is 2.13. The third kappa shape index (κ3) is 5.35. The van der Waals surface area contributed by atoms with Crippen LogP contribution < -0.4 is 20.1 Å². The molecule has 0 saturated heterocycles. The van der Waals surface area contributed by atoms with Gasteiger partial charge in [-0.25, -0.2) is 0 Å². The first kappa shape index (κ1) is 20.4. The first-order valence-electron chi connectivity index (χ1n) is 9.17. The number of thiophene rings is 1. The molecule has 3 N–H and O–H groups in total.